The maximum Gasteiger partial charge on any atom is 0.0991 e. The van der Waals surface area contributed by atoms with Crippen molar-refractivity contribution in [3.63, 3.8) is 0 Å². The molecule has 14 aromatic carbocycles. The first-order valence-electron chi connectivity index (χ1n) is 36.1. The lowest BCUT2D eigenvalue weighted by atomic mass is 9.39. The maximum absolute atomic E-state index is 10.4. The molecule has 2 unspecified atom stereocenters. The van der Waals surface area contributed by atoms with Gasteiger partial charge in [-0.3, -0.25) is 0 Å². The summed E-state index contributed by atoms with van der Waals surface area (Å²) in [6, 6.07) is 115. The normalized spacial score (nSPS) is 14.3. The largest absolute Gasteiger partial charge is 0.310 e. The Labute approximate surface area is 639 Å². The van der Waals surface area contributed by atoms with E-state index in [1.165, 1.54) is 0 Å². The van der Waals surface area contributed by atoms with Gasteiger partial charge in [0.15, 0.2) is 0 Å². The molecule has 12 heteroatoms. The Hall–Kier alpha value is -15.3. The van der Waals surface area contributed by atoms with Gasteiger partial charge in [0.1, 0.15) is 0 Å². The molecule has 0 N–H and O–H groups in total. The Bertz CT molecular complexity index is 5810. The van der Waals surface area contributed by atoms with Crippen molar-refractivity contribution in [1.29, 1.82) is 42.1 Å². The van der Waals surface area contributed by atoms with Crippen LogP contribution < -0.4 is 19.6 Å². The van der Waals surface area contributed by atoms with Crippen molar-refractivity contribution >= 4 is 89.8 Å². The van der Waals surface area contributed by atoms with Gasteiger partial charge >= 0.3 is 0 Å². The van der Waals surface area contributed by atoms with E-state index >= 15 is 0 Å². The predicted octanol–water partition coefficient (Wildman–Crippen LogP) is 24.2. The van der Waals surface area contributed by atoms with Crippen LogP contribution in [0.2, 0.25) is 0 Å². The maximum atomic E-state index is 10.4. The topological polar surface area (TPSA) is 203 Å². The van der Waals surface area contributed by atoms with Crippen molar-refractivity contribution in [3.8, 4) is 70.8 Å². The van der Waals surface area contributed by atoms with Gasteiger partial charge in [-0.25, -0.2) is 0 Å². The van der Waals surface area contributed by atoms with Crippen molar-refractivity contribution in [2.45, 2.75) is 52.4 Å². The van der Waals surface area contributed by atoms with Gasteiger partial charge in [-0.1, -0.05) is 102 Å². The number of nitrogens with zero attached hydrogens (tertiary/aromatic N) is 12. The van der Waals surface area contributed by atoms with E-state index in [4.69, 9.17) is 0 Å². The molecule has 2 atom stereocenters. The predicted molar refractivity (Wildman–Crippen MR) is 436 cm³/mol. The van der Waals surface area contributed by atoms with Crippen LogP contribution in [0.4, 0.5) is 68.2 Å². The molecule has 0 aliphatic heterocycles. The van der Waals surface area contributed by atoms with Crippen molar-refractivity contribution < 1.29 is 0 Å². The van der Waals surface area contributed by atoms with Gasteiger partial charge < -0.3 is 19.6 Å². The first-order chi connectivity index (χ1) is 53.4. The van der Waals surface area contributed by atoms with E-state index < -0.39 is 21.7 Å². The van der Waals surface area contributed by atoms with Crippen LogP contribution >= 0.6 is 0 Å². The average Bonchev–Trinajstić information content (AvgIpc) is 1.45. The molecule has 0 saturated carbocycles. The molecule has 0 bridgehead atoms. The monoisotopic (exact) mass is 1410 g/mol. The summed E-state index contributed by atoms with van der Waals surface area (Å²) in [6.07, 6.45) is 0. The molecule has 518 valence electrons. The number of nitriles is 8. The van der Waals surface area contributed by atoms with E-state index in [1.54, 1.807) is 0 Å². The molecule has 0 saturated heterocycles. The number of anilines is 12. The summed E-state index contributed by atoms with van der Waals surface area (Å²) in [5, 5.41) is 86.6. The van der Waals surface area contributed by atoms with Gasteiger partial charge in [-0.2, -0.15) is 42.1 Å². The summed E-state index contributed by atoms with van der Waals surface area (Å²) in [6.45, 7) is 14.3. The second-order valence-corrected chi connectivity index (χ2v) is 29.8. The summed E-state index contributed by atoms with van der Waals surface area (Å²) in [5.41, 5.74) is 17.2. The van der Waals surface area contributed by atoms with Crippen LogP contribution in [0.3, 0.4) is 0 Å². The average molecular weight is 1410 g/mol. The molecule has 0 spiro atoms. The highest BCUT2D eigenvalue weighted by atomic mass is 15.2. The van der Waals surface area contributed by atoms with E-state index in [0.29, 0.717) is 44.5 Å². The Morgan fingerprint density at radius 2 is 0.418 bits per heavy atom. The lowest BCUT2D eigenvalue weighted by Gasteiger charge is -2.62. The number of hydrogen-bond donors (Lipinski definition) is 0. The minimum absolute atomic E-state index is 0.493. The fraction of sp³-hybridized carbons (Fsp3) is 0.102. The second kappa shape index (κ2) is 27.0. The fourth-order valence-corrected chi connectivity index (χ4v) is 17.7. The lowest BCUT2D eigenvalue weighted by Crippen LogP contribution is -2.62. The van der Waals surface area contributed by atoms with Gasteiger partial charge in [-0.05, 0) is 297 Å². The van der Waals surface area contributed by atoms with E-state index in [0.717, 1.165) is 134 Å². The molecule has 0 fully saturated rings. The summed E-state index contributed by atoms with van der Waals surface area (Å²) in [7, 11) is 0. The third-order valence-electron chi connectivity index (χ3n) is 22.1. The van der Waals surface area contributed by atoms with Gasteiger partial charge in [0.2, 0.25) is 0 Å². The highest BCUT2D eigenvalue weighted by molar-refractivity contribution is 6.14. The van der Waals surface area contributed by atoms with Crippen LogP contribution in [-0.2, 0) is 10.8 Å². The molecule has 0 amide bonds. The lowest BCUT2D eigenvalue weighted by molar-refractivity contribution is 0.0595. The Kier molecular flexibility index (Phi) is 17.0. The fourth-order valence-electron chi connectivity index (χ4n) is 17.7. The van der Waals surface area contributed by atoms with Crippen LogP contribution in [0.1, 0.15) is 108 Å². The number of hydrogen-bond acceptors (Lipinski definition) is 12. The summed E-state index contributed by atoms with van der Waals surface area (Å²) < 4.78 is 0. The molecular formula is C98H66N12. The van der Waals surface area contributed by atoms with Crippen LogP contribution in [0.25, 0.3) is 43.8 Å². The zero-order valence-electron chi connectivity index (χ0n) is 61.1. The van der Waals surface area contributed by atoms with Gasteiger partial charge in [0.05, 0.1) is 104 Å². The molecule has 0 aromatic heterocycles. The zero-order valence-corrected chi connectivity index (χ0v) is 61.1. The van der Waals surface area contributed by atoms with Gasteiger partial charge in [0, 0.05) is 78.5 Å². The van der Waals surface area contributed by atoms with Crippen LogP contribution in [0.15, 0.2) is 291 Å². The number of fused-ring (bicyclic) bond motifs is 10. The van der Waals surface area contributed by atoms with Crippen LogP contribution in [-0.4, -0.2) is 0 Å². The SMILES string of the molecule is CC(C)(C)C1(C2(C(C)(C)C)c3cc(N(c4ccc(C#N)cc4)c4ccc(C#N)cc4)ccc3-c3c2cc(N(c2ccc(C#N)cc2)c2ccc(C#N)cc2)c2ccccc32)c2cc(N(c3ccc(C#N)cc3)c3ccc(C#N)cc3)ccc2-c2c1cc(N(c1ccc(C#N)cc1)c1ccc(C#N)cc1)c1ccccc21. The van der Waals surface area contributed by atoms with Crippen molar-refractivity contribution in [2.24, 2.45) is 10.8 Å². The molecule has 0 radical (unpaired) electrons. The van der Waals surface area contributed by atoms with E-state index in [-0.39, 0.29) is 0 Å². The zero-order chi connectivity index (χ0) is 76.4. The smallest absolute Gasteiger partial charge is 0.0991 e. The minimum Gasteiger partial charge on any atom is -0.310 e. The Morgan fingerprint density at radius 3 is 0.627 bits per heavy atom. The number of rotatable bonds is 13. The molecule has 0 heterocycles. The third-order valence-corrected chi connectivity index (χ3v) is 22.1. The van der Waals surface area contributed by atoms with Crippen molar-refractivity contribution in [3.05, 3.63) is 358 Å². The van der Waals surface area contributed by atoms with Gasteiger partial charge in [-0.15, -0.1) is 0 Å². The molecular weight excluding hydrogens is 1350 g/mol. The summed E-state index contributed by atoms with van der Waals surface area (Å²) in [5.74, 6) is 0. The minimum atomic E-state index is -1.26. The second-order valence-electron chi connectivity index (χ2n) is 29.8. The molecule has 2 aliphatic rings. The Balaban J connectivity index is 1.13. The highest BCUT2D eigenvalue weighted by Crippen LogP contribution is 2.77. The molecule has 2 aliphatic carbocycles. The molecule has 110 heavy (non-hydrogen) atoms. The van der Waals surface area contributed by atoms with Crippen molar-refractivity contribution in [2.75, 3.05) is 19.6 Å². The Morgan fingerprint density at radius 1 is 0.218 bits per heavy atom. The number of benzene rings is 14. The summed E-state index contributed by atoms with van der Waals surface area (Å²) >= 11 is 0. The first-order valence-corrected chi connectivity index (χ1v) is 36.1. The third kappa shape index (κ3) is 10.9. The van der Waals surface area contributed by atoms with Crippen LogP contribution in [0, 0.1) is 101 Å². The first kappa shape index (κ1) is 69.1. The molecule has 16 rings (SSSR count). The highest BCUT2D eigenvalue weighted by Gasteiger charge is 2.71. The van der Waals surface area contributed by atoms with Crippen LogP contribution in [0.5, 0.6) is 0 Å². The van der Waals surface area contributed by atoms with Gasteiger partial charge in [0.25, 0.3) is 0 Å². The standard InChI is InChI=1S/C98H66N12/c1-95(2,3)97(87-51-79(107(71-31-15-63(55-99)16-32-71)72-33-17-64(56-100)18-34-72)47-49-85(87)93-83-13-9-7-11-81(83)91(53-89(93)97)109(75-39-23-67(59-103)24-40-75)76-41-25-68(60-104)26-42-76)98(96(4,5)6)88-52-80(108(73-35-19-65(57-101)20-36-73)74-37-21-66(58-102)22-38-74)48-50-86(88)94-84-14-10-8-12-82(84)92(54-90(94)98)110(77-43-27-69(61-105)28-44-77)78-45-29-70(62-106)30-46-78/h7-54H,1-6H3. The van der Waals surface area contributed by atoms with E-state index in [1.807, 2.05) is 194 Å². The molecule has 12 nitrogen and oxygen atoms in total. The van der Waals surface area contributed by atoms with E-state index in [9.17, 15) is 42.1 Å². The van der Waals surface area contributed by atoms with E-state index in [2.05, 4.69) is 207 Å². The quantitative estimate of drug-likeness (QED) is 0.106. The summed E-state index contributed by atoms with van der Waals surface area (Å²) in [4.78, 5) is 8.89. The molecule has 14 aromatic rings. The van der Waals surface area contributed by atoms with Crippen molar-refractivity contribution in [1.82, 2.24) is 0 Å².